The Balaban J connectivity index is 2.03. The van der Waals surface area contributed by atoms with Gasteiger partial charge in [0.1, 0.15) is 11.9 Å². The molecule has 1 unspecified atom stereocenters. The topological polar surface area (TPSA) is 58.0 Å². The number of ether oxygens (including phenoxy) is 1. The molecule has 0 saturated carbocycles. The molecule has 1 aliphatic heterocycles. The van der Waals surface area contributed by atoms with Gasteiger partial charge in [-0.3, -0.25) is 0 Å². The highest BCUT2D eigenvalue weighted by atomic mass is 16.5. The van der Waals surface area contributed by atoms with Crippen LogP contribution in [0.3, 0.4) is 0 Å². The maximum absolute atomic E-state index is 8.46. The second-order valence-corrected chi connectivity index (χ2v) is 5.21. The van der Waals surface area contributed by atoms with Crippen molar-refractivity contribution in [3.05, 3.63) is 64.0 Å². The zero-order valence-electron chi connectivity index (χ0n) is 12.0. The summed E-state index contributed by atoms with van der Waals surface area (Å²) in [7, 11) is 0. The smallest absolute Gasteiger partial charge is 0.130 e. The SMILES string of the molecule is CCc1cc2c(c(-c3ccccc3)c1)OC(CN=[N+]=[N-])C2. The minimum absolute atomic E-state index is 0.0505. The molecule has 0 amide bonds. The molecule has 0 bridgehead atoms. The summed E-state index contributed by atoms with van der Waals surface area (Å²) in [6.07, 6.45) is 1.75. The van der Waals surface area contributed by atoms with Gasteiger partial charge >= 0.3 is 0 Å². The van der Waals surface area contributed by atoms with Crippen molar-refractivity contribution in [2.75, 3.05) is 6.54 Å². The lowest BCUT2D eigenvalue weighted by atomic mass is 9.96. The zero-order chi connectivity index (χ0) is 14.7. The van der Waals surface area contributed by atoms with E-state index in [4.69, 9.17) is 10.3 Å². The van der Waals surface area contributed by atoms with Crippen molar-refractivity contribution in [1.29, 1.82) is 0 Å². The largest absolute Gasteiger partial charge is 0.489 e. The van der Waals surface area contributed by atoms with E-state index in [0.717, 1.165) is 29.7 Å². The molecule has 4 heteroatoms. The van der Waals surface area contributed by atoms with Crippen LogP contribution in [0.25, 0.3) is 21.6 Å². The zero-order valence-corrected chi connectivity index (χ0v) is 12.0. The Morgan fingerprint density at radius 3 is 2.81 bits per heavy atom. The van der Waals surface area contributed by atoms with Gasteiger partial charge in [0.05, 0.1) is 6.54 Å². The molecule has 1 aliphatic rings. The van der Waals surface area contributed by atoms with E-state index >= 15 is 0 Å². The standard InChI is InChI=1S/C17H17N3O/c1-2-12-8-14-10-15(11-19-20-18)21-17(14)16(9-12)13-6-4-3-5-7-13/h3-9,15H,2,10-11H2,1H3. The number of azide groups is 1. The van der Waals surface area contributed by atoms with Gasteiger partial charge in [-0.1, -0.05) is 48.4 Å². The average Bonchev–Trinajstić information content (AvgIpc) is 2.95. The summed E-state index contributed by atoms with van der Waals surface area (Å²) >= 11 is 0. The normalized spacial score (nSPS) is 16.0. The quantitative estimate of drug-likeness (QED) is 0.461. The highest BCUT2D eigenvalue weighted by Crippen LogP contribution is 2.40. The molecule has 0 saturated heterocycles. The lowest BCUT2D eigenvalue weighted by molar-refractivity contribution is 0.242. The van der Waals surface area contributed by atoms with E-state index in [9.17, 15) is 0 Å². The van der Waals surface area contributed by atoms with Crippen LogP contribution in [0.1, 0.15) is 18.1 Å². The molecule has 106 valence electrons. The number of rotatable bonds is 4. The highest BCUT2D eigenvalue weighted by molar-refractivity contribution is 5.74. The van der Waals surface area contributed by atoms with E-state index in [2.05, 4.69) is 41.2 Å². The van der Waals surface area contributed by atoms with Crippen LogP contribution in [0, 0.1) is 0 Å². The van der Waals surface area contributed by atoms with E-state index in [1.165, 1.54) is 11.1 Å². The van der Waals surface area contributed by atoms with Crippen molar-refractivity contribution in [2.24, 2.45) is 5.11 Å². The first-order chi connectivity index (χ1) is 10.3. The Labute approximate surface area is 124 Å². The molecule has 0 spiro atoms. The molecule has 0 N–H and O–H groups in total. The molecule has 0 radical (unpaired) electrons. The third kappa shape index (κ3) is 2.71. The van der Waals surface area contributed by atoms with Gasteiger partial charge in [0.15, 0.2) is 0 Å². The number of hydrogen-bond donors (Lipinski definition) is 0. The summed E-state index contributed by atoms with van der Waals surface area (Å²) in [6.45, 7) is 2.53. The monoisotopic (exact) mass is 279 g/mol. The number of hydrogen-bond acceptors (Lipinski definition) is 2. The average molecular weight is 279 g/mol. The number of benzene rings is 2. The van der Waals surface area contributed by atoms with E-state index in [-0.39, 0.29) is 6.10 Å². The first-order valence-electron chi connectivity index (χ1n) is 7.20. The van der Waals surface area contributed by atoms with Crippen LogP contribution in [0.4, 0.5) is 0 Å². The molecule has 4 nitrogen and oxygen atoms in total. The Morgan fingerprint density at radius 2 is 2.10 bits per heavy atom. The van der Waals surface area contributed by atoms with Crippen molar-refractivity contribution in [3.63, 3.8) is 0 Å². The maximum atomic E-state index is 8.46. The lowest BCUT2D eigenvalue weighted by Gasteiger charge is -2.12. The van der Waals surface area contributed by atoms with Gasteiger partial charge in [0.25, 0.3) is 0 Å². The third-order valence-corrected chi connectivity index (χ3v) is 3.80. The summed E-state index contributed by atoms with van der Waals surface area (Å²) in [5.74, 6) is 0.941. The molecule has 0 aliphatic carbocycles. The summed E-state index contributed by atoms with van der Waals surface area (Å²) < 4.78 is 6.03. The molecule has 1 heterocycles. The van der Waals surface area contributed by atoms with Crippen LogP contribution < -0.4 is 4.74 Å². The number of aryl methyl sites for hydroxylation is 1. The Hall–Kier alpha value is -2.45. The van der Waals surface area contributed by atoms with Gasteiger partial charge in [-0.15, -0.1) is 0 Å². The fourth-order valence-corrected chi connectivity index (χ4v) is 2.76. The molecule has 0 fully saturated rings. The second kappa shape index (κ2) is 5.90. The van der Waals surface area contributed by atoms with Crippen LogP contribution in [0.5, 0.6) is 5.75 Å². The van der Waals surface area contributed by atoms with Crippen LogP contribution in [0.2, 0.25) is 0 Å². The maximum Gasteiger partial charge on any atom is 0.130 e. The highest BCUT2D eigenvalue weighted by Gasteiger charge is 2.26. The van der Waals surface area contributed by atoms with Gasteiger partial charge in [0, 0.05) is 16.9 Å². The number of fused-ring (bicyclic) bond motifs is 1. The van der Waals surface area contributed by atoms with E-state index in [0.29, 0.717) is 6.54 Å². The van der Waals surface area contributed by atoms with Crippen LogP contribution in [-0.2, 0) is 12.8 Å². The molecular formula is C17H17N3O. The molecule has 2 aromatic carbocycles. The molecule has 2 aromatic rings. The van der Waals surface area contributed by atoms with Gasteiger partial charge in [-0.2, -0.15) is 0 Å². The van der Waals surface area contributed by atoms with Crippen LogP contribution >= 0.6 is 0 Å². The summed E-state index contributed by atoms with van der Waals surface area (Å²) in [5.41, 5.74) is 13.3. The van der Waals surface area contributed by atoms with Crippen molar-refractivity contribution in [2.45, 2.75) is 25.9 Å². The predicted molar refractivity (Wildman–Crippen MR) is 83.4 cm³/mol. The number of nitrogens with zero attached hydrogens (tertiary/aromatic N) is 3. The van der Waals surface area contributed by atoms with Crippen molar-refractivity contribution < 1.29 is 4.74 Å². The summed E-state index contributed by atoms with van der Waals surface area (Å²) in [6, 6.07) is 14.7. The Kier molecular flexibility index (Phi) is 3.80. The Bertz CT molecular complexity index is 691. The summed E-state index contributed by atoms with van der Waals surface area (Å²) in [4.78, 5) is 2.82. The van der Waals surface area contributed by atoms with Crippen LogP contribution in [0.15, 0.2) is 47.6 Å². The minimum atomic E-state index is -0.0505. The van der Waals surface area contributed by atoms with Gasteiger partial charge in [-0.25, -0.2) is 0 Å². The lowest BCUT2D eigenvalue weighted by Crippen LogP contribution is -2.16. The van der Waals surface area contributed by atoms with E-state index in [1.807, 2.05) is 18.2 Å². The van der Waals surface area contributed by atoms with Gasteiger partial charge in [-0.05, 0) is 34.7 Å². The molecule has 0 aromatic heterocycles. The molecular weight excluding hydrogens is 262 g/mol. The van der Waals surface area contributed by atoms with E-state index in [1.54, 1.807) is 0 Å². The molecule has 3 rings (SSSR count). The second-order valence-electron chi connectivity index (χ2n) is 5.21. The van der Waals surface area contributed by atoms with Crippen molar-refractivity contribution >= 4 is 0 Å². The summed E-state index contributed by atoms with van der Waals surface area (Å²) in [5, 5.41) is 3.64. The fourth-order valence-electron chi connectivity index (χ4n) is 2.76. The van der Waals surface area contributed by atoms with Crippen LogP contribution in [-0.4, -0.2) is 12.6 Å². The fraction of sp³-hybridized carbons (Fsp3) is 0.294. The predicted octanol–water partition coefficient (Wildman–Crippen LogP) is 4.53. The minimum Gasteiger partial charge on any atom is -0.489 e. The van der Waals surface area contributed by atoms with Gasteiger partial charge in [0.2, 0.25) is 0 Å². The van der Waals surface area contributed by atoms with Crippen molar-refractivity contribution in [3.8, 4) is 16.9 Å². The molecule has 1 atom stereocenters. The third-order valence-electron chi connectivity index (χ3n) is 3.80. The Morgan fingerprint density at radius 1 is 1.29 bits per heavy atom. The first kappa shape index (κ1) is 13.5. The van der Waals surface area contributed by atoms with E-state index < -0.39 is 0 Å². The first-order valence-corrected chi connectivity index (χ1v) is 7.20. The molecule has 21 heavy (non-hydrogen) atoms. The van der Waals surface area contributed by atoms with Crippen molar-refractivity contribution in [1.82, 2.24) is 0 Å². The van der Waals surface area contributed by atoms with Gasteiger partial charge < -0.3 is 4.74 Å².